The van der Waals surface area contributed by atoms with Crippen molar-refractivity contribution in [3.63, 3.8) is 0 Å². The molecule has 1 aromatic rings. The SMILES string of the molecule is N#Cc1cc(I)c(OCC2CCNCC2)c([N+](=O)[O-])c1. The zero-order valence-corrected chi connectivity index (χ0v) is 12.9. The first kappa shape index (κ1) is 15.0. The summed E-state index contributed by atoms with van der Waals surface area (Å²) in [6, 6.07) is 4.79. The number of halogens is 1. The minimum Gasteiger partial charge on any atom is -0.486 e. The van der Waals surface area contributed by atoms with Crippen LogP contribution in [-0.4, -0.2) is 24.6 Å². The van der Waals surface area contributed by atoms with Gasteiger partial charge in [0.25, 0.3) is 0 Å². The van der Waals surface area contributed by atoms with Crippen LogP contribution in [0.5, 0.6) is 5.75 Å². The Morgan fingerprint density at radius 3 is 2.80 bits per heavy atom. The number of hydrogen-bond acceptors (Lipinski definition) is 5. The van der Waals surface area contributed by atoms with E-state index in [-0.39, 0.29) is 17.0 Å². The van der Waals surface area contributed by atoms with E-state index in [1.165, 1.54) is 6.07 Å². The number of piperidine rings is 1. The first-order valence-electron chi connectivity index (χ1n) is 6.33. The van der Waals surface area contributed by atoms with E-state index in [0.29, 0.717) is 16.1 Å². The van der Waals surface area contributed by atoms with Gasteiger partial charge in [0.05, 0.1) is 26.7 Å². The lowest BCUT2D eigenvalue weighted by Crippen LogP contribution is -2.30. The normalized spacial score (nSPS) is 15.6. The van der Waals surface area contributed by atoms with Crippen LogP contribution in [0.3, 0.4) is 0 Å². The molecular formula is C13H14IN3O3. The number of nitrogens with zero attached hydrogens (tertiary/aromatic N) is 2. The van der Waals surface area contributed by atoms with Gasteiger partial charge in [-0.2, -0.15) is 5.26 Å². The fourth-order valence-corrected chi connectivity index (χ4v) is 2.94. The van der Waals surface area contributed by atoms with Gasteiger partial charge in [0, 0.05) is 6.07 Å². The predicted molar refractivity (Wildman–Crippen MR) is 81.6 cm³/mol. The van der Waals surface area contributed by atoms with Gasteiger partial charge < -0.3 is 10.1 Å². The quantitative estimate of drug-likeness (QED) is 0.487. The maximum atomic E-state index is 11.1. The van der Waals surface area contributed by atoms with E-state index in [0.717, 1.165) is 25.9 Å². The lowest BCUT2D eigenvalue weighted by Gasteiger charge is -2.22. The van der Waals surface area contributed by atoms with Crippen LogP contribution in [0.4, 0.5) is 5.69 Å². The van der Waals surface area contributed by atoms with Crippen LogP contribution >= 0.6 is 22.6 Å². The molecule has 0 spiro atoms. The number of benzene rings is 1. The summed E-state index contributed by atoms with van der Waals surface area (Å²) < 4.78 is 6.28. The average molecular weight is 387 g/mol. The molecule has 7 heteroatoms. The Kier molecular flexibility index (Phi) is 5.14. The summed E-state index contributed by atoms with van der Waals surface area (Å²) in [6.45, 7) is 2.39. The lowest BCUT2D eigenvalue weighted by atomic mass is 9.99. The Bertz CT molecular complexity index is 551. The summed E-state index contributed by atoms with van der Waals surface area (Å²) >= 11 is 1.97. The minimum atomic E-state index is -0.499. The molecule has 20 heavy (non-hydrogen) atoms. The van der Waals surface area contributed by atoms with E-state index in [2.05, 4.69) is 5.32 Å². The van der Waals surface area contributed by atoms with Gasteiger partial charge in [0.1, 0.15) is 0 Å². The van der Waals surface area contributed by atoms with Crippen molar-refractivity contribution in [3.05, 3.63) is 31.4 Å². The highest BCUT2D eigenvalue weighted by Crippen LogP contribution is 2.34. The van der Waals surface area contributed by atoms with E-state index in [1.54, 1.807) is 6.07 Å². The van der Waals surface area contributed by atoms with Gasteiger partial charge in [-0.3, -0.25) is 10.1 Å². The molecule has 0 bridgehead atoms. The van der Waals surface area contributed by atoms with Crippen molar-refractivity contribution in [1.29, 1.82) is 5.26 Å². The molecule has 0 unspecified atom stereocenters. The second-order valence-corrected chi connectivity index (χ2v) is 5.84. The Labute approximate surface area is 130 Å². The molecule has 106 valence electrons. The molecule has 0 saturated carbocycles. The monoisotopic (exact) mass is 387 g/mol. The smallest absolute Gasteiger partial charge is 0.313 e. The second kappa shape index (κ2) is 6.85. The van der Waals surface area contributed by atoms with Crippen molar-refractivity contribution in [3.8, 4) is 11.8 Å². The third kappa shape index (κ3) is 3.58. The van der Waals surface area contributed by atoms with Gasteiger partial charge in [-0.1, -0.05) is 0 Å². The van der Waals surface area contributed by atoms with Crippen LogP contribution in [0.15, 0.2) is 12.1 Å². The van der Waals surface area contributed by atoms with Crippen LogP contribution in [-0.2, 0) is 0 Å². The number of ether oxygens (including phenoxy) is 1. The molecule has 0 aromatic heterocycles. The van der Waals surface area contributed by atoms with Gasteiger partial charge in [-0.15, -0.1) is 0 Å². The summed E-state index contributed by atoms with van der Waals surface area (Å²) in [7, 11) is 0. The first-order chi connectivity index (χ1) is 9.61. The fraction of sp³-hybridized carbons (Fsp3) is 0.462. The van der Waals surface area contributed by atoms with E-state index < -0.39 is 4.92 Å². The molecule has 0 amide bonds. The van der Waals surface area contributed by atoms with Gasteiger partial charge in [0.15, 0.2) is 0 Å². The molecule has 1 N–H and O–H groups in total. The first-order valence-corrected chi connectivity index (χ1v) is 7.41. The summed E-state index contributed by atoms with van der Waals surface area (Å²) in [5.74, 6) is 0.690. The van der Waals surface area contributed by atoms with Crippen LogP contribution in [0, 0.1) is 30.9 Å². The van der Waals surface area contributed by atoms with Crippen LogP contribution in [0.25, 0.3) is 0 Å². The van der Waals surface area contributed by atoms with Crippen LogP contribution in [0.2, 0.25) is 0 Å². The minimum absolute atomic E-state index is 0.137. The molecule has 1 heterocycles. The second-order valence-electron chi connectivity index (χ2n) is 4.68. The van der Waals surface area contributed by atoms with Gasteiger partial charge >= 0.3 is 5.69 Å². The van der Waals surface area contributed by atoms with E-state index in [4.69, 9.17) is 10.00 Å². The molecule has 1 aromatic carbocycles. The molecule has 0 aliphatic carbocycles. The Hall–Kier alpha value is -1.40. The zero-order valence-electron chi connectivity index (χ0n) is 10.8. The zero-order chi connectivity index (χ0) is 14.5. The molecule has 2 rings (SSSR count). The van der Waals surface area contributed by atoms with Crippen molar-refractivity contribution in [1.82, 2.24) is 5.32 Å². The number of hydrogen-bond donors (Lipinski definition) is 1. The predicted octanol–water partition coefficient (Wildman–Crippen LogP) is 2.45. The maximum absolute atomic E-state index is 11.1. The third-order valence-corrected chi connectivity index (χ3v) is 4.07. The van der Waals surface area contributed by atoms with Gasteiger partial charge in [0.2, 0.25) is 5.75 Å². The topological polar surface area (TPSA) is 88.2 Å². The van der Waals surface area contributed by atoms with Gasteiger partial charge in [-0.05, 0) is 60.5 Å². The molecule has 0 radical (unpaired) electrons. The van der Waals surface area contributed by atoms with E-state index >= 15 is 0 Å². The Morgan fingerprint density at radius 2 is 2.20 bits per heavy atom. The number of nitro benzene ring substituents is 1. The molecule has 1 saturated heterocycles. The van der Waals surface area contributed by atoms with E-state index in [9.17, 15) is 10.1 Å². The third-order valence-electron chi connectivity index (χ3n) is 3.27. The number of nitrogens with one attached hydrogen (secondary N) is 1. The van der Waals surface area contributed by atoms with Crippen molar-refractivity contribution < 1.29 is 9.66 Å². The van der Waals surface area contributed by atoms with Gasteiger partial charge in [-0.25, -0.2) is 0 Å². The van der Waals surface area contributed by atoms with Crippen molar-refractivity contribution in [2.24, 2.45) is 5.92 Å². The lowest BCUT2D eigenvalue weighted by molar-refractivity contribution is -0.386. The Morgan fingerprint density at radius 1 is 1.50 bits per heavy atom. The average Bonchev–Trinajstić information content (AvgIpc) is 2.46. The summed E-state index contributed by atoms with van der Waals surface area (Å²) in [5.41, 5.74) is 0.137. The fourth-order valence-electron chi connectivity index (χ4n) is 2.17. The number of rotatable bonds is 4. The molecule has 1 fully saturated rings. The summed E-state index contributed by atoms with van der Waals surface area (Å²) in [5, 5.41) is 23.2. The van der Waals surface area contributed by atoms with Crippen molar-refractivity contribution in [2.45, 2.75) is 12.8 Å². The van der Waals surface area contributed by atoms with Crippen LogP contribution in [0.1, 0.15) is 18.4 Å². The van der Waals surface area contributed by atoms with E-state index in [1.807, 2.05) is 28.7 Å². The molecule has 0 atom stereocenters. The summed E-state index contributed by atoms with van der Waals surface area (Å²) in [4.78, 5) is 10.6. The largest absolute Gasteiger partial charge is 0.486 e. The molecular weight excluding hydrogens is 373 g/mol. The Balaban J connectivity index is 2.17. The summed E-state index contributed by atoms with van der Waals surface area (Å²) in [6.07, 6.45) is 2.03. The highest BCUT2D eigenvalue weighted by atomic mass is 127. The molecule has 6 nitrogen and oxygen atoms in total. The van der Waals surface area contributed by atoms with Crippen molar-refractivity contribution in [2.75, 3.05) is 19.7 Å². The highest BCUT2D eigenvalue weighted by molar-refractivity contribution is 14.1. The molecule has 1 aliphatic rings. The standard InChI is InChI=1S/C13H14IN3O3/c14-11-5-10(7-15)6-12(17(18)19)13(11)20-8-9-1-3-16-4-2-9/h5-6,9,16H,1-4,8H2. The van der Waals surface area contributed by atoms with Crippen molar-refractivity contribution >= 4 is 28.3 Å². The number of nitro groups is 1. The maximum Gasteiger partial charge on any atom is 0.313 e. The van der Waals surface area contributed by atoms with Crippen LogP contribution < -0.4 is 10.1 Å². The number of nitriles is 1. The highest BCUT2D eigenvalue weighted by Gasteiger charge is 2.22. The molecule has 1 aliphatic heterocycles.